The molecule has 0 spiro atoms. The van der Waals surface area contributed by atoms with E-state index < -0.39 is 29.7 Å². The first-order valence-corrected chi connectivity index (χ1v) is 6.84. The lowest BCUT2D eigenvalue weighted by molar-refractivity contribution is -0.142. The fourth-order valence-corrected chi connectivity index (χ4v) is 1.99. The number of carbonyl (C=O) groups excluding carboxylic acids is 1. The van der Waals surface area contributed by atoms with Crippen LogP contribution in [0.2, 0.25) is 0 Å². The Morgan fingerprint density at radius 1 is 1.23 bits per heavy atom. The first kappa shape index (κ1) is 18.0. The summed E-state index contributed by atoms with van der Waals surface area (Å²) >= 11 is 0. The molecule has 22 heavy (non-hydrogen) atoms. The summed E-state index contributed by atoms with van der Waals surface area (Å²) in [6.07, 6.45) is -4.13. The maximum Gasteiger partial charge on any atom is 0.416 e. The normalized spacial score (nSPS) is 14.2. The molecule has 0 aliphatic rings. The van der Waals surface area contributed by atoms with Gasteiger partial charge in [0.25, 0.3) is 0 Å². The van der Waals surface area contributed by atoms with Gasteiger partial charge in [-0.3, -0.25) is 4.79 Å². The average molecular weight is 317 g/mol. The van der Waals surface area contributed by atoms with E-state index >= 15 is 0 Å². The summed E-state index contributed by atoms with van der Waals surface area (Å²) in [6, 6.07) is 3.64. The molecule has 122 valence electrons. The second-order valence-corrected chi connectivity index (χ2v) is 5.09. The molecule has 0 aliphatic heterocycles. The van der Waals surface area contributed by atoms with Gasteiger partial charge in [-0.25, -0.2) is 4.79 Å². The van der Waals surface area contributed by atoms with Gasteiger partial charge in [-0.1, -0.05) is 26.0 Å². The molecule has 2 atom stereocenters. The molecular weight excluding hydrogens is 299 g/mol. The summed E-state index contributed by atoms with van der Waals surface area (Å²) in [4.78, 5) is 22.6. The van der Waals surface area contributed by atoms with Gasteiger partial charge in [0, 0.05) is 6.42 Å². The predicted octanol–water partition coefficient (Wildman–Crippen LogP) is 3.18. The van der Waals surface area contributed by atoms with Gasteiger partial charge in [-0.05, 0) is 30.0 Å². The third kappa shape index (κ3) is 5.05. The van der Waals surface area contributed by atoms with Crippen molar-refractivity contribution in [2.45, 2.75) is 44.8 Å². The van der Waals surface area contributed by atoms with Crippen molar-refractivity contribution in [2.75, 3.05) is 0 Å². The highest BCUT2D eigenvalue weighted by molar-refractivity contribution is 5.83. The zero-order chi connectivity index (χ0) is 16.9. The van der Waals surface area contributed by atoms with Crippen molar-refractivity contribution < 1.29 is 27.9 Å². The molecule has 2 unspecified atom stereocenters. The third-order valence-corrected chi connectivity index (χ3v) is 3.34. The Balaban J connectivity index is 2.67. The van der Waals surface area contributed by atoms with Crippen LogP contribution in [-0.2, 0) is 15.8 Å². The number of amides is 1. The summed E-state index contributed by atoms with van der Waals surface area (Å²) in [5.74, 6) is -1.87. The van der Waals surface area contributed by atoms with E-state index in [1.165, 1.54) is 12.1 Å². The molecule has 1 rings (SSSR count). The van der Waals surface area contributed by atoms with E-state index in [9.17, 15) is 22.8 Å². The SMILES string of the molecule is CCC(NC(=O)CC(C)c1ccc(C(F)(F)F)cc1)C(=O)O. The molecule has 4 nitrogen and oxygen atoms in total. The Bertz CT molecular complexity index is 526. The number of alkyl halides is 3. The molecule has 1 aromatic carbocycles. The molecule has 7 heteroatoms. The molecule has 0 saturated carbocycles. The number of rotatable bonds is 6. The van der Waals surface area contributed by atoms with Crippen molar-refractivity contribution in [1.82, 2.24) is 5.32 Å². The highest BCUT2D eigenvalue weighted by Gasteiger charge is 2.30. The van der Waals surface area contributed by atoms with E-state index in [1.54, 1.807) is 13.8 Å². The number of carboxylic acid groups (broad SMARTS) is 1. The number of benzene rings is 1. The van der Waals surface area contributed by atoms with E-state index in [1.807, 2.05) is 0 Å². The summed E-state index contributed by atoms with van der Waals surface area (Å²) < 4.78 is 37.4. The monoisotopic (exact) mass is 317 g/mol. The molecule has 0 aromatic heterocycles. The van der Waals surface area contributed by atoms with Crippen LogP contribution in [0.1, 0.15) is 43.7 Å². The summed E-state index contributed by atoms with van der Waals surface area (Å²) in [7, 11) is 0. The number of hydrogen-bond donors (Lipinski definition) is 2. The molecule has 0 bridgehead atoms. The van der Waals surface area contributed by atoms with Crippen molar-refractivity contribution in [3.05, 3.63) is 35.4 Å². The number of carboxylic acids is 1. The van der Waals surface area contributed by atoms with Crippen LogP contribution >= 0.6 is 0 Å². The molecule has 0 radical (unpaired) electrons. The minimum atomic E-state index is -4.39. The molecule has 0 aliphatic carbocycles. The molecule has 1 amide bonds. The van der Waals surface area contributed by atoms with Crippen LogP contribution in [0, 0.1) is 0 Å². The minimum Gasteiger partial charge on any atom is -0.480 e. The number of halogens is 3. The van der Waals surface area contributed by atoms with Gasteiger partial charge in [0.1, 0.15) is 6.04 Å². The summed E-state index contributed by atoms with van der Waals surface area (Å²) in [5.41, 5.74) is -0.156. The van der Waals surface area contributed by atoms with E-state index in [4.69, 9.17) is 5.11 Å². The van der Waals surface area contributed by atoms with Crippen molar-refractivity contribution in [1.29, 1.82) is 0 Å². The Hall–Kier alpha value is -2.05. The van der Waals surface area contributed by atoms with Gasteiger partial charge in [0.15, 0.2) is 0 Å². The highest BCUT2D eigenvalue weighted by Crippen LogP contribution is 2.30. The second-order valence-electron chi connectivity index (χ2n) is 5.09. The highest BCUT2D eigenvalue weighted by atomic mass is 19.4. The minimum absolute atomic E-state index is 0.00907. The van der Waals surface area contributed by atoms with Crippen molar-refractivity contribution >= 4 is 11.9 Å². The lowest BCUT2D eigenvalue weighted by Gasteiger charge is -2.16. The van der Waals surface area contributed by atoms with Crippen LogP contribution in [0.15, 0.2) is 24.3 Å². The fourth-order valence-electron chi connectivity index (χ4n) is 1.99. The summed E-state index contributed by atoms with van der Waals surface area (Å²) in [6.45, 7) is 3.34. The van der Waals surface area contributed by atoms with Crippen LogP contribution in [-0.4, -0.2) is 23.0 Å². The van der Waals surface area contributed by atoms with Crippen LogP contribution in [0.4, 0.5) is 13.2 Å². The van der Waals surface area contributed by atoms with Gasteiger partial charge in [-0.15, -0.1) is 0 Å². The van der Waals surface area contributed by atoms with Crippen LogP contribution in [0.25, 0.3) is 0 Å². The first-order valence-electron chi connectivity index (χ1n) is 6.84. The van der Waals surface area contributed by atoms with Gasteiger partial charge in [-0.2, -0.15) is 13.2 Å². The Morgan fingerprint density at radius 2 is 1.77 bits per heavy atom. The zero-order valence-electron chi connectivity index (χ0n) is 12.3. The number of aliphatic carboxylic acids is 1. The maximum atomic E-state index is 12.5. The predicted molar refractivity (Wildman–Crippen MR) is 74.3 cm³/mol. The number of carbonyl (C=O) groups is 2. The van der Waals surface area contributed by atoms with Gasteiger partial charge in [0.05, 0.1) is 5.56 Å². The van der Waals surface area contributed by atoms with Crippen molar-refractivity contribution in [3.8, 4) is 0 Å². The van der Waals surface area contributed by atoms with E-state index in [-0.39, 0.29) is 18.8 Å². The van der Waals surface area contributed by atoms with Crippen molar-refractivity contribution in [3.63, 3.8) is 0 Å². The number of nitrogens with one attached hydrogen (secondary N) is 1. The van der Waals surface area contributed by atoms with Crippen LogP contribution in [0.5, 0.6) is 0 Å². The Kier molecular flexibility index (Phi) is 5.96. The smallest absolute Gasteiger partial charge is 0.416 e. The quantitative estimate of drug-likeness (QED) is 0.847. The molecule has 0 fully saturated rings. The molecule has 2 N–H and O–H groups in total. The molecule has 0 saturated heterocycles. The molecular formula is C15H18F3NO3. The molecule has 1 aromatic rings. The van der Waals surface area contributed by atoms with E-state index in [2.05, 4.69) is 5.32 Å². The Morgan fingerprint density at radius 3 is 2.18 bits per heavy atom. The second kappa shape index (κ2) is 7.29. The third-order valence-electron chi connectivity index (χ3n) is 3.34. The standard InChI is InChI=1S/C15H18F3NO3/c1-3-12(14(21)22)19-13(20)8-9(2)10-4-6-11(7-5-10)15(16,17)18/h4-7,9,12H,3,8H2,1-2H3,(H,19,20)(H,21,22). The van der Waals surface area contributed by atoms with Gasteiger partial charge >= 0.3 is 12.1 Å². The van der Waals surface area contributed by atoms with Gasteiger partial charge in [0.2, 0.25) is 5.91 Å². The molecule has 0 heterocycles. The average Bonchev–Trinajstić information content (AvgIpc) is 2.43. The maximum absolute atomic E-state index is 12.5. The topological polar surface area (TPSA) is 66.4 Å². The Labute approximate surface area is 126 Å². The van der Waals surface area contributed by atoms with Crippen LogP contribution < -0.4 is 5.32 Å². The fraction of sp³-hybridized carbons (Fsp3) is 0.467. The number of hydrogen-bond acceptors (Lipinski definition) is 2. The van der Waals surface area contributed by atoms with Gasteiger partial charge < -0.3 is 10.4 Å². The summed E-state index contributed by atoms with van der Waals surface area (Å²) in [5, 5.41) is 11.2. The lowest BCUT2D eigenvalue weighted by atomic mass is 9.96. The lowest BCUT2D eigenvalue weighted by Crippen LogP contribution is -2.40. The van der Waals surface area contributed by atoms with Crippen molar-refractivity contribution in [2.24, 2.45) is 0 Å². The zero-order valence-corrected chi connectivity index (χ0v) is 12.3. The first-order chi connectivity index (χ1) is 10.1. The van der Waals surface area contributed by atoms with Crippen LogP contribution in [0.3, 0.4) is 0 Å². The largest absolute Gasteiger partial charge is 0.480 e. The van der Waals surface area contributed by atoms with E-state index in [0.717, 1.165) is 12.1 Å². The van der Waals surface area contributed by atoms with E-state index in [0.29, 0.717) is 5.56 Å².